The summed E-state index contributed by atoms with van der Waals surface area (Å²) in [6, 6.07) is 14.3. The summed E-state index contributed by atoms with van der Waals surface area (Å²) in [6.45, 7) is 2.14. The van der Waals surface area contributed by atoms with Gasteiger partial charge in [-0.15, -0.1) is 0 Å². The summed E-state index contributed by atoms with van der Waals surface area (Å²) in [5.74, 6) is 0. The van der Waals surface area contributed by atoms with Crippen LogP contribution in [-0.4, -0.2) is 14.7 Å². The largest absolute Gasteiger partial charge is 0.388 e. The number of fused-ring (bicyclic) bond motifs is 1. The van der Waals surface area contributed by atoms with Crippen molar-refractivity contribution in [3.05, 3.63) is 71.5 Å². The van der Waals surface area contributed by atoms with Crippen molar-refractivity contribution in [2.75, 3.05) is 0 Å². The molecule has 1 N–H and O–H groups in total. The summed E-state index contributed by atoms with van der Waals surface area (Å²) in [4.78, 5) is 0. The van der Waals surface area contributed by atoms with Crippen molar-refractivity contribution in [1.82, 2.24) is 9.61 Å². The third kappa shape index (κ3) is 2.45. The van der Waals surface area contributed by atoms with E-state index in [0.29, 0.717) is 6.42 Å². The minimum Gasteiger partial charge on any atom is -0.388 e. The van der Waals surface area contributed by atoms with Gasteiger partial charge in [-0.3, -0.25) is 0 Å². The van der Waals surface area contributed by atoms with Crippen molar-refractivity contribution in [1.29, 1.82) is 0 Å². The highest BCUT2D eigenvalue weighted by Gasteiger charge is 2.13. The fraction of sp³-hybridized carbons (Fsp3) is 0.235. The van der Waals surface area contributed by atoms with Gasteiger partial charge in [0.2, 0.25) is 0 Å². The number of benzene rings is 1. The molecule has 0 bridgehead atoms. The summed E-state index contributed by atoms with van der Waals surface area (Å²) >= 11 is 0. The Morgan fingerprint density at radius 3 is 2.60 bits per heavy atom. The number of hydrogen-bond acceptors (Lipinski definition) is 2. The van der Waals surface area contributed by atoms with Gasteiger partial charge in [0, 0.05) is 18.2 Å². The number of rotatable bonds is 4. The smallest absolute Gasteiger partial charge is 0.0867 e. The van der Waals surface area contributed by atoms with Crippen LogP contribution in [0.3, 0.4) is 0 Å². The van der Waals surface area contributed by atoms with E-state index in [0.717, 1.165) is 23.1 Å². The van der Waals surface area contributed by atoms with Crippen molar-refractivity contribution in [3.8, 4) is 0 Å². The summed E-state index contributed by atoms with van der Waals surface area (Å²) in [5.41, 5.74) is 4.31. The van der Waals surface area contributed by atoms with Gasteiger partial charge in [-0.25, -0.2) is 4.52 Å². The molecule has 102 valence electrons. The van der Waals surface area contributed by atoms with Crippen LogP contribution in [0.2, 0.25) is 0 Å². The molecule has 3 rings (SSSR count). The number of aromatic nitrogens is 2. The molecule has 0 aliphatic carbocycles. The third-order valence-corrected chi connectivity index (χ3v) is 3.68. The van der Waals surface area contributed by atoms with E-state index in [1.165, 1.54) is 5.56 Å². The minimum atomic E-state index is -0.526. The average Bonchev–Trinajstić information content (AvgIpc) is 2.92. The van der Waals surface area contributed by atoms with Crippen molar-refractivity contribution < 1.29 is 5.11 Å². The monoisotopic (exact) mass is 266 g/mol. The number of hydrogen-bond donors (Lipinski definition) is 1. The van der Waals surface area contributed by atoms with Gasteiger partial charge in [0.05, 0.1) is 17.8 Å². The van der Waals surface area contributed by atoms with Crippen molar-refractivity contribution in [3.63, 3.8) is 0 Å². The Balaban J connectivity index is 1.83. The maximum atomic E-state index is 10.4. The molecule has 1 unspecified atom stereocenters. The second-order valence-electron chi connectivity index (χ2n) is 5.02. The lowest BCUT2D eigenvalue weighted by Crippen LogP contribution is -2.01. The van der Waals surface area contributed by atoms with Crippen molar-refractivity contribution in [2.45, 2.75) is 25.9 Å². The van der Waals surface area contributed by atoms with Crippen LogP contribution in [-0.2, 0) is 12.8 Å². The molecule has 0 radical (unpaired) electrons. The molecule has 3 heteroatoms. The predicted octanol–water partition coefficient (Wildman–Crippen LogP) is 3.17. The van der Waals surface area contributed by atoms with Crippen LogP contribution < -0.4 is 0 Å². The average molecular weight is 266 g/mol. The number of aliphatic hydroxyl groups excluding tert-OH is 1. The Morgan fingerprint density at radius 1 is 1.10 bits per heavy atom. The highest BCUT2D eigenvalue weighted by molar-refractivity contribution is 5.54. The summed E-state index contributed by atoms with van der Waals surface area (Å²) < 4.78 is 1.79. The second kappa shape index (κ2) is 5.47. The molecule has 0 fully saturated rings. The van der Waals surface area contributed by atoms with Crippen LogP contribution in [0.15, 0.2) is 54.9 Å². The first-order valence-electron chi connectivity index (χ1n) is 6.96. The molecule has 0 saturated heterocycles. The number of aryl methyl sites for hydroxylation is 1. The van der Waals surface area contributed by atoms with Gasteiger partial charge < -0.3 is 5.11 Å². The maximum absolute atomic E-state index is 10.4. The Kier molecular flexibility index (Phi) is 3.52. The number of aliphatic hydroxyl groups is 1. The maximum Gasteiger partial charge on any atom is 0.0867 e. The molecule has 0 amide bonds. The Hall–Kier alpha value is -2.13. The molecule has 3 nitrogen and oxygen atoms in total. The zero-order chi connectivity index (χ0) is 13.9. The molecular weight excluding hydrogens is 248 g/mol. The molecule has 20 heavy (non-hydrogen) atoms. The van der Waals surface area contributed by atoms with E-state index in [1.807, 2.05) is 24.4 Å². The van der Waals surface area contributed by atoms with Crippen LogP contribution in [0.5, 0.6) is 0 Å². The molecule has 2 heterocycles. The highest BCUT2D eigenvalue weighted by Crippen LogP contribution is 2.22. The van der Waals surface area contributed by atoms with Gasteiger partial charge in [-0.2, -0.15) is 5.10 Å². The van der Waals surface area contributed by atoms with Crippen molar-refractivity contribution >= 4 is 5.52 Å². The van der Waals surface area contributed by atoms with Crippen LogP contribution in [0.4, 0.5) is 0 Å². The Morgan fingerprint density at radius 2 is 1.85 bits per heavy atom. The van der Waals surface area contributed by atoms with E-state index in [2.05, 4.69) is 36.3 Å². The van der Waals surface area contributed by atoms with Crippen LogP contribution >= 0.6 is 0 Å². The minimum absolute atomic E-state index is 0.526. The molecule has 0 spiro atoms. The predicted molar refractivity (Wildman–Crippen MR) is 79.7 cm³/mol. The summed E-state index contributed by atoms with van der Waals surface area (Å²) in [5, 5.41) is 14.7. The highest BCUT2D eigenvalue weighted by atomic mass is 16.3. The van der Waals surface area contributed by atoms with E-state index < -0.39 is 6.10 Å². The molecule has 1 atom stereocenters. The lowest BCUT2D eigenvalue weighted by molar-refractivity contribution is 0.180. The Labute approximate surface area is 118 Å². The van der Waals surface area contributed by atoms with Crippen LogP contribution in [0, 0.1) is 0 Å². The van der Waals surface area contributed by atoms with Gasteiger partial charge in [-0.05, 0) is 29.7 Å². The lowest BCUT2D eigenvalue weighted by Gasteiger charge is -2.10. The van der Waals surface area contributed by atoms with Gasteiger partial charge in [0.1, 0.15) is 0 Å². The molecule has 2 aromatic heterocycles. The van der Waals surface area contributed by atoms with E-state index in [1.54, 1.807) is 10.7 Å². The van der Waals surface area contributed by atoms with Crippen LogP contribution in [0.25, 0.3) is 5.52 Å². The molecule has 3 aromatic rings. The molecule has 0 saturated carbocycles. The quantitative estimate of drug-likeness (QED) is 0.787. The molecular formula is C17H18N2O. The lowest BCUT2D eigenvalue weighted by atomic mass is 10.0. The molecule has 0 aliphatic rings. The third-order valence-electron chi connectivity index (χ3n) is 3.68. The summed E-state index contributed by atoms with van der Waals surface area (Å²) in [6.07, 6.45) is 4.77. The van der Waals surface area contributed by atoms with Gasteiger partial charge in [-0.1, -0.05) is 37.3 Å². The van der Waals surface area contributed by atoms with Gasteiger partial charge >= 0.3 is 0 Å². The first-order valence-corrected chi connectivity index (χ1v) is 6.96. The second-order valence-corrected chi connectivity index (χ2v) is 5.02. The SMILES string of the molecule is CCc1ccc(CC(O)c2cnn3ccccc23)cc1. The standard InChI is InChI=1S/C17H18N2O/c1-2-13-6-8-14(9-7-13)11-17(20)15-12-18-19-10-4-3-5-16(15)19/h3-10,12,17,20H,2,11H2,1H3. The topological polar surface area (TPSA) is 37.5 Å². The normalized spacial score (nSPS) is 12.7. The molecule has 1 aromatic carbocycles. The zero-order valence-electron chi connectivity index (χ0n) is 11.5. The fourth-order valence-electron chi connectivity index (χ4n) is 2.46. The van der Waals surface area contributed by atoms with E-state index in [4.69, 9.17) is 0 Å². The fourth-order valence-corrected chi connectivity index (χ4v) is 2.46. The van der Waals surface area contributed by atoms with Gasteiger partial charge in [0.15, 0.2) is 0 Å². The number of pyridine rings is 1. The summed E-state index contributed by atoms with van der Waals surface area (Å²) in [7, 11) is 0. The first kappa shape index (κ1) is 12.9. The van der Waals surface area contributed by atoms with Gasteiger partial charge in [0.25, 0.3) is 0 Å². The zero-order valence-corrected chi connectivity index (χ0v) is 11.5. The number of nitrogens with zero attached hydrogens (tertiary/aromatic N) is 2. The van der Waals surface area contributed by atoms with Crippen molar-refractivity contribution in [2.24, 2.45) is 0 Å². The molecule has 0 aliphatic heterocycles. The van der Waals surface area contributed by atoms with Crippen LogP contribution in [0.1, 0.15) is 29.7 Å². The van der Waals surface area contributed by atoms with E-state index in [9.17, 15) is 5.11 Å². The first-order chi connectivity index (χ1) is 9.78. The van der Waals surface area contributed by atoms with E-state index >= 15 is 0 Å². The Bertz CT molecular complexity index is 700. The van der Waals surface area contributed by atoms with E-state index in [-0.39, 0.29) is 0 Å².